The summed E-state index contributed by atoms with van der Waals surface area (Å²) in [6.07, 6.45) is 3.34. The summed E-state index contributed by atoms with van der Waals surface area (Å²) in [4.78, 5) is 2.59. The molecule has 1 aliphatic rings. The molecule has 0 bridgehead atoms. The normalized spacial score (nSPS) is 19.7. The second-order valence-electron chi connectivity index (χ2n) is 6.09. The van der Waals surface area contributed by atoms with Crippen molar-refractivity contribution in [1.29, 1.82) is 0 Å². The van der Waals surface area contributed by atoms with Crippen LogP contribution in [0, 0.1) is 5.92 Å². The Bertz CT molecular complexity index is 622. The van der Waals surface area contributed by atoms with Gasteiger partial charge in [0.15, 0.2) is 0 Å². The van der Waals surface area contributed by atoms with Crippen molar-refractivity contribution in [3.05, 3.63) is 22.7 Å². The topological polar surface area (TPSA) is 58.6 Å². The average molecular weight is 405 g/mol. The summed E-state index contributed by atoms with van der Waals surface area (Å²) in [5, 5.41) is 0. The van der Waals surface area contributed by atoms with Crippen molar-refractivity contribution in [3.8, 4) is 5.75 Å². The van der Waals surface area contributed by atoms with E-state index < -0.39 is 10.0 Å². The predicted octanol–water partition coefficient (Wildman–Crippen LogP) is 2.86. The molecule has 2 rings (SSSR count). The van der Waals surface area contributed by atoms with Gasteiger partial charge in [0, 0.05) is 17.6 Å². The minimum Gasteiger partial charge on any atom is -0.495 e. The van der Waals surface area contributed by atoms with Crippen LogP contribution in [0.5, 0.6) is 5.75 Å². The maximum absolute atomic E-state index is 12.4. The quantitative estimate of drug-likeness (QED) is 0.709. The Hall–Kier alpha value is -0.630. The highest BCUT2D eigenvalue weighted by molar-refractivity contribution is 9.10. The number of nitrogens with one attached hydrogen (secondary N) is 1. The van der Waals surface area contributed by atoms with Gasteiger partial charge >= 0.3 is 0 Å². The number of hydrogen-bond acceptors (Lipinski definition) is 4. The maximum Gasteiger partial charge on any atom is 0.244 e. The molecule has 1 fully saturated rings. The van der Waals surface area contributed by atoms with E-state index in [1.54, 1.807) is 18.2 Å². The van der Waals surface area contributed by atoms with Gasteiger partial charge in [-0.2, -0.15) is 0 Å². The molecule has 23 heavy (non-hydrogen) atoms. The monoisotopic (exact) mass is 404 g/mol. The van der Waals surface area contributed by atoms with Crippen LogP contribution in [-0.2, 0) is 10.0 Å². The van der Waals surface area contributed by atoms with Crippen LogP contribution in [0.25, 0.3) is 0 Å². The summed E-state index contributed by atoms with van der Waals surface area (Å²) in [6, 6.07) is 4.97. The minimum atomic E-state index is -3.56. The fourth-order valence-corrected chi connectivity index (χ4v) is 4.72. The van der Waals surface area contributed by atoms with E-state index in [9.17, 15) is 8.42 Å². The molecule has 1 aromatic rings. The van der Waals surface area contributed by atoms with E-state index in [-0.39, 0.29) is 4.90 Å². The van der Waals surface area contributed by atoms with Crippen molar-refractivity contribution in [3.63, 3.8) is 0 Å². The number of methoxy groups -OCH3 is 1. The molecule has 1 N–H and O–H groups in total. The molecule has 1 saturated heterocycles. The minimum absolute atomic E-state index is 0.168. The number of nitrogens with zero attached hydrogens (tertiary/aromatic N) is 1. The zero-order valence-corrected chi connectivity index (χ0v) is 16.1. The van der Waals surface area contributed by atoms with E-state index in [1.165, 1.54) is 20.0 Å². The summed E-state index contributed by atoms with van der Waals surface area (Å²) < 4.78 is 33.4. The molecule has 1 heterocycles. The summed E-state index contributed by atoms with van der Waals surface area (Å²) in [7, 11) is -2.09. The van der Waals surface area contributed by atoms with E-state index in [2.05, 4.69) is 32.5 Å². The Morgan fingerprint density at radius 2 is 2.22 bits per heavy atom. The van der Waals surface area contributed by atoms with Crippen LogP contribution in [0.4, 0.5) is 0 Å². The van der Waals surface area contributed by atoms with Gasteiger partial charge in [-0.25, -0.2) is 13.1 Å². The number of halogens is 1. The smallest absolute Gasteiger partial charge is 0.244 e. The van der Waals surface area contributed by atoms with Gasteiger partial charge in [0.1, 0.15) is 10.6 Å². The summed E-state index contributed by atoms with van der Waals surface area (Å²) in [6.45, 7) is 5.88. The SMILES string of the molecule is COc1ccc(Br)cc1S(=O)(=O)NCCCN1CCC[C@H](C)C1. The molecule has 1 aromatic carbocycles. The van der Waals surface area contributed by atoms with Crippen LogP contribution < -0.4 is 9.46 Å². The molecule has 1 atom stereocenters. The van der Waals surface area contributed by atoms with E-state index in [0.29, 0.717) is 16.8 Å². The Kier molecular flexibility index (Phi) is 6.88. The first-order valence-corrected chi connectivity index (χ1v) is 10.3. The lowest BCUT2D eigenvalue weighted by atomic mass is 10.0. The molecule has 0 amide bonds. The molecule has 0 aliphatic carbocycles. The van der Waals surface area contributed by atoms with E-state index in [1.807, 2.05) is 0 Å². The van der Waals surface area contributed by atoms with E-state index in [4.69, 9.17) is 4.74 Å². The van der Waals surface area contributed by atoms with Gasteiger partial charge in [-0.05, 0) is 56.5 Å². The van der Waals surface area contributed by atoms with Crippen LogP contribution in [0.15, 0.2) is 27.6 Å². The lowest BCUT2D eigenvalue weighted by molar-refractivity contribution is 0.182. The molecule has 0 unspecified atom stereocenters. The third-order valence-corrected chi connectivity index (χ3v) is 6.08. The largest absolute Gasteiger partial charge is 0.495 e. The maximum atomic E-state index is 12.4. The Balaban J connectivity index is 1.88. The third kappa shape index (κ3) is 5.45. The van der Waals surface area contributed by atoms with Crippen molar-refractivity contribution in [2.24, 2.45) is 5.92 Å². The standard InChI is InChI=1S/C16H25BrN2O3S/c1-13-5-3-9-19(12-13)10-4-8-18-23(20,21)16-11-14(17)6-7-15(16)22-2/h6-7,11,13,18H,3-5,8-10,12H2,1-2H3/t13-/m0/s1. The highest BCUT2D eigenvalue weighted by Gasteiger charge is 2.20. The van der Waals surface area contributed by atoms with Crippen LogP contribution in [-0.4, -0.2) is 46.6 Å². The molecule has 0 spiro atoms. The van der Waals surface area contributed by atoms with Gasteiger partial charge in [0.25, 0.3) is 0 Å². The average Bonchev–Trinajstić information content (AvgIpc) is 2.52. The molecular formula is C16H25BrN2O3S. The van der Waals surface area contributed by atoms with Crippen molar-refractivity contribution >= 4 is 26.0 Å². The second kappa shape index (κ2) is 8.46. The highest BCUT2D eigenvalue weighted by Crippen LogP contribution is 2.27. The first-order valence-electron chi connectivity index (χ1n) is 7.98. The van der Waals surface area contributed by atoms with Crippen LogP contribution >= 0.6 is 15.9 Å². The first kappa shape index (κ1) is 18.7. The lowest BCUT2D eigenvalue weighted by Crippen LogP contribution is -2.36. The molecule has 7 heteroatoms. The summed E-state index contributed by atoms with van der Waals surface area (Å²) in [5.41, 5.74) is 0. The van der Waals surface area contributed by atoms with Crippen molar-refractivity contribution in [1.82, 2.24) is 9.62 Å². The van der Waals surface area contributed by atoms with Crippen LogP contribution in [0.3, 0.4) is 0 Å². The Morgan fingerprint density at radius 1 is 1.43 bits per heavy atom. The zero-order valence-electron chi connectivity index (χ0n) is 13.7. The molecule has 130 valence electrons. The first-order chi connectivity index (χ1) is 10.9. The number of piperidine rings is 1. The molecule has 0 saturated carbocycles. The number of rotatable bonds is 7. The van der Waals surface area contributed by atoms with Crippen LogP contribution in [0.2, 0.25) is 0 Å². The van der Waals surface area contributed by atoms with Gasteiger partial charge in [0.2, 0.25) is 10.0 Å². The zero-order chi connectivity index (χ0) is 16.9. The highest BCUT2D eigenvalue weighted by atomic mass is 79.9. The molecule has 0 aromatic heterocycles. The molecular weight excluding hydrogens is 380 g/mol. The second-order valence-corrected chi connectivity index (χ2v) is 8.75. The van der Waals surface area contributed by atoms with E-state index in [0.717, 1.165) is 32.0 Å². The van der Waals surface area contributed by atoms with Gasteiger partial charge in [-0.1, -0.05) is 22.9 Å². The van der Waals surface area contributed by atoms with Crippen LogP contribution in [0.1, 0.15) is 26.2 Å². The Morgan fingerprint density at radius 3 is 2.91 bits per heavy atom. The lowest BCUT2D eigenvalue weighted by Gasteiger charge is -2.30. The fraction of sp³-hybridized carbons (Fsp3) is 0.625. The van der Waals surface area contributed by atoms with Gasteiger partial charge in [-0.15, -0.1) is 0 Å². The number of benzene rings is 1. The van der Waals surface area contributed by atoms with Gasteiger partial charge < -0.3 is 9.64 Å². The van der Waals surface area contributed by atoms with Crippen molar-refractivity contribution in [2.45, 2.75) is 31.1 Å². The molecule has 1 aliphatic heterocycles. The van der Waals surface area contributed by atoms with E-state index >= 15 is 0 Å². The Labute approximate surface area is 147 Å². The van der Waals surface area contributed by atoms with Crippen molar-refractivity contribution in [2.75, 3.05) is 33.3 Å². The fourth-order valence-electron chi connectivity index (χ4n) is 2.94. The van der Waals surface area contributed by atoms with Gasteiger partial charge in [-0.3, -0.25) is 0 Å². The van der Waals surface area contributed by atoms with Gasteiger partial charge in [0.05, 0.1) is 7.11 Å². The number of likely N-dealkylation sites (tertiary alicyclic amines) is 1. The third-order valence-electron chi connectivity index (χ3n) is 4.10. The molecule has 0 radical (unpaired) electrons. The summed E-state index contributed by atoms with van der Waals surface area (Å²) in [5.74, 6) is 1.09. The predicted molar refractivity (Wildman–Crippen MR) is 95.3 cm³/mol. The molecule has 5 nitrogen and oxygen atoms in total. The summed E-state index contributed by atoms with van der Waals surface area (Å²) >= 11 is 3.30. The van der Waals surface area contributed by atoms with Crippen molar-refractivity contribution < 1.29 is 13.2 Å². The number of ether oxygens (including phenoxy) is 1. The number of hydrogen-bond donors (Lipinski definition) is 1. The number of sulfonamides is 1.